The number of carbonyl (C=O) groups is 2. The lowest BCUT2D eigenvalue weighted by Crippen LogP contribution is -2.53. The zero-order valence-corrected chi connectivity index (χ0v) is 17.0. The van der Waals surface area contributed by atoms with Crippen LogP contribution in [-0.2, 0) is 19.6 Å². The summed E-state index contributed by atoms with van der Waals surface area (Å²) in [4.78, 5) is 27.8. The largest absolute Gasteiger partial charge is 0.534 e. The topological polar surface area (TPSA) is 93.2 Å². The number of ether oxygens (including phenoxy) is 1. The molecular weight excluding hydrogens is 417 g/mol. The quantitative estimate of drug-likeness (QED) is 0.532. The fourth-order valence-electron chi connectivity index (χ4n) is 2.56. The molecule has 8 nitrogen and oxygen atoms in total. The van der Waals surface area contributed by atoms with Crippen molar-refractivity contribution in [1.29, 1.82) is 0 Å². The molecule has 1 atom stereocenters. The Morgan fingerprint density at radius 3 is 2.14 bits per heavy atom. The fourth-order valence-corrected chi connectivity index (χ4v) is 3.02. The van der Waals surface area contributed by atoms with Gasteiger partial charge in [0.25, 0.3) is 0 Å². The Morgan fingerprint density at radius 1 is 1.10 bits per heavy atom. The van der Waals surface area contributed by atoms with Crippen molar-refractivity contribution >= 4 is 22.1 Å². The number of benzene rings is 1. The first-order valence-corrected chi connectivity index (χ1v) is 9.88. The predicted octanol–water partition coefficient (Wildman–Crippen LogP) is 2.67. The summed E-state index contributed by atoms with van der Waals surface area (Å²) in [6.45, 7) is 5.48. The molecule has 0 aromatic heterocycles. The van der Waals surface area contributed by atoms with Crippen LogP contribution in [-0.4, -0.2) is 61.5 Å². The molecule has 0 bridgehead atoms. The maximum Gasteiger partial charge on any atom is 0.534 e. The van der Waals surface area contributed by atoms with Gasteiger partial charge in [0.05, 0.1) is 0 Å². The van der Waals surface area contributed by atoms with Crippen molar-refractivity contribution in [2.75, 3.05) is 20.1 Å². The third-order valence-electron chi connectivity index (χ3n) is 3.91. The average molecular weight is 438 g/mol. The molecule has 1 aliphatic rings. The van der Waals surface area contributed by atoms with Crippen molar-refractivity contribution in [2.24, 2.45) is 0 Å². The highest BCUT2D eigenvalue weighted by molar-refractivity contribution is 7.88. The number of piperazine rings is 1. The first-order valence-electron chi connectivity index (χ1n) is 8.48. The molecule has 2 amide bonds. The van der Waals surface area contributed by atoms with Gasteiger partial charge in [0, 0.05) is 20.1 Å². The van der Waals surface area contributed by atoms with E-state index >= 15 is 0 Å². The van der Waals surface area contributed by atoms with Crippen LogP contribution in [0.3, 0.4) is 0 Å². The Balaban J connectivity index is 2.31. The second-order valence-corrected chi connectivity index (χ2v) is 8.93. The van der Waals surface area contributed by atoms with Gasteiger partial charge < -0.3 is 13.8 Å². The monoisotopic (exact) mass is 438 g/mol. The van der Waals surface area contributed by atoms with Crippen molar-refractivity contribution in [3.63, 3.8) is 0 Å². The third-order valence-corrected chi connectivity index (χ3v) is 4.89. The molecule has 0 radical (unpaired) electrons. The van der Waals surface area contributed by atoms with E-state index in [9.17, 15) is 31.2 Å². The molecule has 1 heterocycles. The Kier molecular flexibility index (Phi) is 6.07. The molecule has 0 saturated carbocycles. The molecule has 2 rings (SSSR count). The van der Waals surface area contributed by atoms with E-state index in [1.807, 2.05) is 0 Å². The number of likely N-dealkylation sites (N-methyl/N-ethyl adjacent to an activating group) is 1. The molecule has 1 fully saturated rings. The predicted molar refractivity (Wildman–Crippen MR) is 95.4 cm³/mol. The Hall–Kier alpha value is -2.50. The smallest absolute Gasteiger partial charge is 0.444 e. The number of amides is 2. The minimum Gasteiger partial charge on any atom is -0.444 e. The van der Waals surface area contributed by atoms with Gasteiger partial charge in [-0.15, -0.1) is 0 Å². The molecule has 0 N–H and O–H groups in total. The molecule has 0 unspecified atom stereocenters. The third kappa shape index (κ3) is 5.31. The van der Waals surface area contributed by atoms with Gasteiger partial charge in [-0.25, -0.2) is 4.79 Å². The van der Waals surface area contributed by atoms with Gasteiger partial charge in [-0.3, -0.25) is 9.69 Å². The van der Waals surface area contributed by atoms with Crippen molar-refractivity contribution in [3.8, 4) is 5.75 Å². The van der Waals surface area contributed by atoms with Crippen molar-refractivity contribution < 1.29 is 40.1 Å². The zero-order valence-electron chi connectivity index (χ0n) is 16.2. The van der Waals surface area contributed by atoms with Gasteiger partial charge >= 0.3 is 21.7 Å². The van der Waals surface area contributed by atoms with Crippen molar-refractivity contribution in [3.05, 3.63) is 29.8 Å². The fraction of sp³-hybridized carbons (Fsp3) is 0.529. The number of carbonyl (C=O) groups excluding carboxylic acids is 2. The number of hydrogen-bond donors (Lipinski definition) is 0. The number of hydrogen-bond acceptors (Lipinski definition) is 6. The minimum absolute atomic E-state index is 0.183. The van der Waals surface area contributed by atoms with Gasteiger partial charge in [0.1, 0.15) is 17.4 Å². The Morgan fingerprint density at radius 2 is 1.66 bits per heavy atom. The van der Waals surface area contributed by atoms with E-state index in [4.69, 9.17) is 4.74 Å². The van der Waals surface area contributed by atoms with Crippen molar-refractivity contribution in [1.82, 2.24) is 9.80 Å². The highest BCUT2D eigenvalue weighted by atomic mass is 32.2. The minimum atomic E-state index is -5.81. The molecule has 1 aromatic rings. The van der Waals surface area contributed by atoms with Crippen LogP contribution in [0, 0.1) is 0 Å². The maximum atomic E-state index is 12.7. The Bertz CT molecular complexity index is 878. The number of halogens is 3. The lowest BCUT2D eigenvalue weighted by molar-refractivity contribution is -0.140. The van der Waals surface area contributed by atoms with Crippen LogP contribution in [0.2, 0.25) is 0 Å². The SMILES string of the molecule is CN1CCN(C(=O)OC(C)(C)C)[C@H](c2ccc(OS(=O)(=O)C(F)(F)F)cc2)C1=O. The van der Waals surface area contributed by atoms with Crippen LogP contribution < -0.4 is 4.18 Å². The van der Waals surface area contributed by atoms with Gasteiger partial charge in [-0.05, 0) is 38.5 Å². The second kappa shape index (κ2) is 7.73. The molecule has 0 aliphatic carbocycles. The van der Waals surface area contributed by atoms with Gasteiger partial charge in [0.2, 0.25) is 5.91 Å². The number of alkyl halides is 3. The van der Waals surface area contributed by atoms with E-state index in [1.165, 1.54) is 21.9 Å². The highest BCUT2D eigenvalue weighted by Gasteiger charge is 2.48. The van der Waals surface area contributed by atoms with Gasteiger partial charge in [0.15, 0.2) is 0 Å². The summed E-state index contributed by atoms with van der Waals surface area (Å²) in [6.07, 6.45) is -0.719. The van der Waals surface area contributed by atoms with E-state index in [0.29, 0.717) is 0 Å². The maximum absolute atomic E-state index is 12.7. The van der Waals surface area contributed by atoms with E-state index in [-0.39, 0.29) is 18.7 Å². The average Bonchev–Trinajstić information content (AvgIpc) is 2.55. The number of rotatable bonds is 3. The zero-order chi connectivity index (χ0) is 22.2. The van der Waals surface area contributed by atoms with Crippen LogP contribution in [0.4, 0.5) is 18.0 Å². The summed E-state index contributed by atoms with van der Waals surface area (Å²) in [5, 5.41) is 0. The molecule has 1 aliphatic heterocycles. The normalized spacial score (nSPS) is 18.6. The van der Waals surface area contributed by atoms with E-state index in [0.717, 1.165) is 12.1 Å². The molecule has 162 valence electrons. The second-order valence-electron chi connectivity index (χ2n) is 7.39. The molecule has 12 heteroatoms. The van der Waals surface area contributed by atoms with Crippen LogP contribution >= 0.6 is 0 Å². The Labute approximate surface area is 166 Å². The van der Waals surface area contributed by atoms with Crippen LogP contribution in [0.15, 0.2) is 24.3 Å². The van der Waals surface area contributed by atoms with Crippen molar-refractivity contribution in [2.45, 2.75) is 37.9 Å². The lowest BCUT2D eigenvalue weighted by Gasteiger charge is -2.39. The first kappa shape index (κ1) is 22.8. The highest BCUT2D eigenvalue weighted by Crippen LogP contribution is 2.31. The summed E-state index contributed by atoms with van der Waals surface area (Å²) < 4.78 is 68.9. The van der Waals surface area contributed by atoms with Crippen LogP contribution in [0.25, 0.3) is 0 Å². The van der Waals surface area contributed by atoms with Gasteiger partial charge in [-0.1, -0.05) is 12.1 Å². The molecule has 0 spiro atoms. The van der Waals surface area contributed by atoms with E-state index in [1.54, 1.807) is 27.8 Å². The standard InChI is InChI=1S/C17H21F3N2O6S/c1-16(2,3)27-15(24)22-10-9-21(4)14(23)13(22)11-5-7-12(8-6-11)28-29(25,26)17(18,19)20/h5-8,13H,9-10H2,1-4H3/t13-/m1/s1. The molecule has 1 aromatic carbocycles. The summed E-state index contributed by atoms with van der Waals surface area (Å²) in [6, 6.07) is 3.33. The van der Waals surface area contributed by atoms with E-state index in [2.05, 4.69) is 4.18 Å². The summed E-state index contributed by atoms with van der Waals surface area (Å²) in [5.74, 6) is -0.995. The summed E-state index contributed by atoms with van der Waals surface area (Å²) in [7, 11) is -4.26. The molecular formula is C17H21F3N2O6S. The summed E-state index contributed by atoms with van der Waals surface area (Å²) in [5.41, 5.74) is -6.09. The first-order chi connectivity index (χ1) is 13.1. The van der Waals surface area contributed by atoms with E-state index < -0.39 is 45.0 Å². The lowest BCUT2D eigenvalue weighted by atomic mass is 10.0. The van der Waals surface area contributed by atoms with Crippen LogP contribution in [0.5, 0.6) is 5.75 Å². The van der Waals surface area contributed by atoms with Crippen LogP contribution in [0.1, 0.15) is 32.4 Å². The molecule has 29 heavy (non-hydrogen) atoms. The summed E-state index contributed by atoms with van der Waals surface area (Å²) >= 11 is 0. The molecule has 1 saturated heterocycles. The van der Waals surface area contributed by atoms with Gasteiger partial charge in [-0.2, -0.15) is 21.6 Å². The number of nitrogens with zero attached hydrogens (tertiary/aromatic N) is 2.